The summed E-state index contributed by atoms with van der Waals surface area (Å²) in [6, 6.07) is 3.24. The molecule has 0 atom stereocenters. The van der Waals surface area contributed by atoms with Gasteiger partial charge in [-0.25, -0.2) is 0 Å². The normalized spacial score (nSPS) is 9.62. The lowest BCUT2D eigenvalue weighted by atomic mass is 10.2. The molecule has 1 heterocycles. The summed E-state index contributed by atoms with van der Waals surface area (Å²) in [7, 11) is 1.33. The van der Waals surface area contributed by atoms with Crippen molar-refractivity contribution in [3.63, 3.8) is 0 Å². The predicted molar refractivity (Wildman–Crippen MR) is 44.4 cm³/mol. The van der Waals surface area contributed by atoms with Crippen LogP contribution in [-0.4, -0.2) is 19.4 Å². The summed E-state index contributed by atoms with van der Waals surface area (Å²) in [6.45, 7) is 0. The molecular formula is C9H10O4. The lowest BCUT2D eigenvalue weighted by Gasteiger charge is -1.95. The third-order valence-corrected chi connectivity index (χ3v) is 1.60. The van der Waals surface area contributed by atoms with E-state index < -0.39 is 0 Å². The highest BCUT2D eigenvalue weighted by molar-refractivity contribution is 5.71. The minimum absolute atomic E-state index is 0.266. The first kappa shape index (κ1) is 9.51. The van der Waals surface area contributed by atoms with E-state index in [1.165, 1.54) is 7.11 Å². The number of rotatable bonds is 4. The van der Waals surface area contributed by atoms with Crippen LogP contribution >= 0.6 is 0 Å². The monoisotopic (exact) mass is 182 g/mol. The van der Waals surface area contributed by atoms with Crippen molar-refractivity contribution in [1.29, 1.82) is 0 Å². The van der Waals surface area contributed by atoms with Crippen molar-refractivity contribution >= 4 is 12.3 Å². The van der Waals surface area contributed by atoms with Crippen LogP contribution in [0, 0.1) is 0 Å². The minimum atomic E-state index is -0.288. The molecule has 0 radical (unpaired) electrons. The number of carbonyl (C=O) groups excluding carboxylic acids is 2. The first-order chi connectivity index (χ1) is 6.26. The van der Waals surface area contributed by atoms with Crippen LogP contribution in [0.4, 0.5) is 0 Å². The van der Waals surface area contributed by atoms with Crippen LogP contribution in [-0.2, 0) is 16.0 Å². The fourth-order valence-corrected chi connectivity index (χ4v) is 0.920. The summed E-state index contributed by atoms with van der Waals surface area (Å²) in [5.41, 5.74) is 0. The molecule has 4 heteroatoms. The molecule has 0 saturated carbocycles. The number of hydrogen-bond acceptors (Lipinski definition) is 4. The van der Waals surface area contributed by atoms with Crippen molar-refractivity contribution in [2.45, 2.75) is 12.8 Å². The molecule has 1 rings (SSSR count). The molecule has 0 unspecified atom stereocenters. The van der Waals surface area contributed by atoms with E-state index in [0.29, 0.717) is 18.5 Å². The number of esters is 1. The zero-order chi connectivity index (χ0) is 9.68. The van der Waals surface area contributed by atoms with Gasteiger partial charge >= 0.3 is 5.97 Å². The number of carbonyl (C=O) groups is 2. The van der Waals surface area contributed by atoms with Gasteiger partial charge in [0.1, 0.15) is 5.76 Å². The fraction of sp³-hybridized carbons (Fsp3) is 0.333. The maximum absolute atomic E-state index is 10.7. The van der Waals surface area contributed by atoms with Crippen LogP contribution in [0.15, 0.2) is 16.5 Å². The maximum atomic E-state index is 10.7. The fourth-order valence-electron chi connectivity index (χ4n) is 0.920. The van der Waals surface area contributed by atoms with Gasteiger partial charge in [-0.2, -0.15) is 0 Å². The predicted octanol–water partition coefficient (Wildman–Crippen LogP) is 1.20. The summed E-state index contributed by atoms with van der Waals surface area (Å²) in [6.07, 6.45) is 1.35. The van der Waals surface area contributed by atoms with Gasteiger partial charge < -0.3 is 9.15 Å². The van der Waals surface area contributed by atoms with Gasteiger partial charge in [0.25, 0.3) is 0 Å². The molecule has 0 aliphatic heterocycles. The molecule has 0 N–H and O–H groups in total. The van der Waals surface area contributed by atoms with Crippen LogP contribution in [0.3, 0.4) is 0 Å². The zero-order valence-corrected chi connectivity index (χ0v) is 7.28. The van der Waals surface area contributed by atoms with Crippen LogP contribution < -0.4 is 0 Å². The van der Waals surface area contributed by atoms with Gasteiger partial charge in [0.15, 0.2) is 12.0 Å². The van der Waals surface area contributed by atoms with Gasteiger partial charge in [-0.3, -0.25) is 9.59 Å². The topological polar surface area (TPSA) is 56.5 Å². The Morgan fingerprint density at radius 1 is 1.62 bits per heavy atom. The Morgan fingerprint density at radius 2 is 2.38 bits per heavy atom. The van der Waals surface area contributed by atoms with Crippen LogP contribution in [0.2, 0.25) is 0 Å². The maximum Gasteiger partial charge on any atom is 0.305 e. The van der Waals surface area contributed by atoms with Crippen molar-refractivity contribution in [3.8, 4) is 0 Å². The van der Waals surface area contributed by atoms with E-state index in [1.54, 1.807) is 12.1 Å². The Labute approximate surface area is 75.5 Å². The van der Waals surface area contributed by atoms with Gasteiger partial charge in [-0.1, -0.05) is 0 Å². The first-order valence-corrected chi connectivity index (χ1v) is 3.87. The number of hydrogen-bond donors (Lipinski definition) is 0. The third-order valence-electron chi connectivity index (χ3n) is 1.60. The van der Waals surface area contributed by atoms with E-state index in [1.807, 2.05) is 0 Å². The summed E-state index contributed by atoms with van der Waals surface area (Å²) in [4.78, 5) is 21.0. The highest BCUT2D eigenvalue weighted by atomic mass is 16.5. The van der Waals surface area contributed by atoms with Crippen molar-refractivity contribution in [3.05, 3.63) is 23.7 Å². The Morgan fingerprint density at radius 3 is 2.92 bits per heavy atom. The highest BCUT2D eigenvalue weighted by Gasteiger charge is 2.04. The average Bonchev–Trinajstić information content (AvgIpc) is 2.61. The summed E-state index contributed by atoms with van der Waals surface area (Å²) in [5, 5.41) is 0. The Hall–Kier alpha value is -1.58. The van der Waals surface area contributed by atoms with E-state index in [9.17, 15) is 9.59 Å². The molecule has 0 saturated heterocycles. The van der Waals surface area contributed by atoms with Gasteiger partial charge in [0.05, 0.1) is 13.5 Å². The smallest absolute Gasteiger partial charge is 0.305 e. The van der Waals surface area contributed by atoms with Gasteiger partial charge in [-0.15, -0.1) is 0 Å². The van der Waals surface area contributed by atoms with E-state index in [-0.39, 0.29) is 18.2 Å². The molecule has 70 valence electrons. The standard InChI is InChI=1S/C9H10O4/c1-12-9(11)5-4-7-2-3-8(6-10)13-7/h2-3,6H,4-5H2,1H3. The van der Waals surface area contributed by atoms with Crippen molar-refractivity contribution in [1.82, 2.24) is 0 Å². The van der Waals surface area contributed by atoms with Crippen LogP contribution in [0.5, 0.6) is 0 Å². The van der Waals surface area contributed by atoms with Crippen molar-refractivity contribution in [2.24, 2.45) is 0 Å². The molecular weight excluding hydrogens is 172 g/mol. The summed E-state index contributed by atoms with van der Waals surface area (Å²) < 4.78 is 9.51. The molecule has 0 fully saturated rings. The lowest BCUT2D eigenvalue weighted by Crippen LogP contribution is -2.01. The third kappa shape index (κ3) is 2.74. The van der Waals surface area contributed by atoms with E-state index >= 15 is 0 Å². The minimum Gasteiger partial charge on any atom is -0.469 e. The summed E-state index contributed by atoms with van der Waals surface area (Å²) in [5.74, 6) is 0.608. The highest BCUT2D eigenvalue weighted by Crippen LogP contribution is 2.08. The number of aldehydes is 1. The van der Waals surface area contributed by atoms with Gasteiger partial charge in [-0.05, 0) is 12.1 Å². The van der Waals surface area contributed by atoms with E-state index in [0.717, 1.165) is 0 Å². The van der Waals surface area contributed by atoms with E-state index in [4.69, 9.17) is 4.42 Å². The molecule has 0 amide bonds. The second kappa shape index (κ2) is 4.45. The zero-order valence-electron chi connectivity index (χ0n) is 7.28. The molecule has 0 bridgehead atoms. The van der Waals surface area contributed by atoms with E-state index in [2.05, 4.69) is 4.74 Å². The van der Waals surface area contributed by atoms with Gasteiger partial charge in [0.2, 0.25) is 0 Å². The molecule has 0 aromatic carbocycles. The number of methoxy groups -OCH3 is 1. The SMILES string of the molecule is COC(=O)CCc1ccc(C=O)o1. The molecule has 0 spiro atoms. The average molecular weight is 182 g/mol. The largest absolute Gasteiger partial charge is 0.469 e. The number of aryl methyl sites for hydroxylation is 1. The molecule has 4 nitrogen and oxygen atoms in total. The Balaban J connectivity index is 2.45. The molecule has 0 aliphatic carbocycles. The molecule has 0 aliphatic rings. The van der Waals surface area contributed by atoms with Crippen LogP contribution in [0.25, 0.3) is 0 Å². The second-order valence-corrected chi connectivity index (χ2v) is 2.50. The Kier molecular flexibility index (Phi) is 3.25. The lowest BCUT2D eigenvalue weighted by molar-refractivity contribution is -0.140. The first-order valence-electron chi connectivity index (χ1n) is 3.87. The van der Waals surface area contributed by atoms with Crippen LogP contribution in [0.1, 0.15) is 22.7 Å². The Bertz CT molecular complexity index is 300. The molecule has 1 aromatic rings. The quantitative estimate of drug-likeness (QED) is 0.518. The second-order valence-electron chi connectivity index (χ2n) is 2.50. The molecule has 1 aromatic heterocycles. The number of ether oxygens (including phenoxy) is 1. The number of furan rings is 1. The van der Waals surface area contributed by atoms with Crippen molar-refractivity contribution < 1.29 is 18.7 Å². The van der Waals surface area contributed by atoms with Crippen molar-refractivity contribution in [2.75, 3.05) is 7.11 Å². The summed E-state index contributed by atoms with van der Waals surface area (Å²) >= 11 is 0. The van der Waals surface area contributed by atoms with Gasteiger partial charge in [0, 0.05) is 6.42 Å². The molecule has 13 heavy (non-hydrogen) atoms.